The molecule has 1 aliphatic heterocycles. The van der Waals surface area contributed by atoms with Crippen LogP contribution >= 0.6 is 0 Å². The second-order valence-corrected chi connectivity index (χ2v) is 8.04. The van der Waals surface area contributed by atoms with Crippen molar-refractivity contribution < 1.29 is 23.7 Å². The van der Waals surface area contributed by atoms with Gasteiger partial charge in [0, 0.05) is 30.7 Å². The third-order valence-electron chi connectivity index (χ3n) is 6.24. The Morgan fingerprint density at radius 2 is 1.73 bits per heavy atom. The number of amides is 1. The van der Waals surface area contributed by atoms with Gasteiger partial charge in [0.1, 0.15) is 11.4 Å². The van der Waals surface area contributed by atoms with Gasteiger partial charge in [-0.1, -0.05) is 12.1 Å². The summed E-state index contributed by atoms with van der Waals surface area (Å²) in [5.41, 5.74) is 2.85. The number of carbonyl (C=O) groups is 1. The molecule has 1 fully saturated rings. The molecule has 0 saturated carbocycles. The molecule has 1 aromatic heterocycles. The lowest BCUT2D eigenvalue weighted by Gasteiger charge is -2.38. The van der Waals surface area contributed by atoms with Gasteiger partial charge in [-0.25, -0.2) is 0 Å². The van der Waals surface area contributed by atoms with Crippen LogP contribution in [-0.2, 0) is 10.2 Å². The zero-order chi connectivity index (χ0) is 23.3. The summed E-state index contributed by atoms with van der Waals surface area (Å²) in [5, 5.41) is 10.3. The number of rotatable bonds is 8. The number of benzene rings is 2. The van der Waals surface area contributed by atoms with Crippen molar-refractivity contribution in [2.24, 2.45) is 0 Å². The molecule has 8 heteroatoms. The molecule has 174 valence electrons. The Morgan fingerprint density at radius 1 is 1.00 bits per heavy atom. The number of aromatic nitrogens is 2. The standard InChI is InChI=1S/C25H29N3O5/c1-30-19-7-5-18(6-8-19)25(10-12-33-13-11-25)16-26-24(29)21-15-20(27-28-21)17-4-9-22(31-2)23(14-17)32-3/h4-9,14-15H,10-13,16H2,1-3H3,(H,26,29)(H,27,28). The van der Waals surface area contributed by atoms with Gasteiger partial charge in [0.05, 0.1) is 27.0 Å². The van der Waals surface area contributed by atoms with Crippen LogP contribution in [0.4, 0.5) is 0 Å². The average molecular weight is 452 g/mol. The quantitative estimate of drug-likeness (QED) is 0.544. The van der Waals surface area contributed by atoms with E-state index in [2.05, 4.69) is 27.6 Å². The Morgan fingerprint density at radius 3 is 2.39 bits per heavy atom. The molecule has 2 heterocycles. The molecule has 0 radical (unpaired) electrons. The third-order valence-corrected chi connectivity index (χ3v) is 6.24. The average Bonchev–Trinajstić information content (AvgIpc) is 3.38. The fourth-order valence-electron chi connectivity index (χ4n) is 4.20. The number of ether oxygens (including phenoxy) is 4. The first-order valence-electron chi connectivity index (χ1n) is 10.9. The van der Waals surface area contributed by atoms with Crippen LogP contribution in [0.2, 0.25) is 0 Å². The summed E-state index contributed by atoms with van der Waals surface area (Å²) in [5.74, 6) is 1.85. The summed E-state index contributed by atoms with van der Waals surface area (Å²) in [6.45, 7) is 1.83. The van der Waals surface area contributed by atoms with E-state index >= 15 is 0 Å². The number of hydrogen-bond donors (Lipinski definition) is 2. The highest BCUT2D eigenvalue weighted by Gasteiger charge is 2.35. The highest BCUT2D eigenvalue weighted by molar-refractivity contribution is 5.93. The number of nitrogens with one attached hydrogen (secondary N) is 2. The lowest BCUT2D eigenvalue weighted by Crippen LogP contribution is -2.44. The van der Waals surface area contributed by atoms with Crippen molar-refractivity contribution in [1.29, 1.82) is 0 Å². The Bertz CT molecular complexity index is 1090. The number of hydrogen-bond acceptors (Lipinski definition) is 6. The maximum absolute atomic E-state index is 13.0. The van der Waals surface area contributed by atoms with Gasteiger partial charge in [-0.3, -0.25) is 9.89 Å². The summed E-state index contributed by atoms with van der Waals surface area (Å²) >= 11 is 0. The Balaban J connectivity index is 1.49. The van der Waals surface area contributed by atoms with E-state index in [1.54, 1.807) is 27.4 Å². The molecule has 2 N–H and O–H groups in total. The maximum atomic E-state index is 13.0. The summed E-state index contributed by atoms with van der Waals surface area (Å²) < 4.78 is 21.5. The zero-order valence-electron chi connectivity index (χ0n) is 19.1. The largest absolute Gasteiger partial charge is 0.497 e. The molecule has 1 saturated heterocycles. The lowest BCUT2D eigenvalue weighted by molar-refractivity contribution is 0.0486. The highest BCUT2D eigenvalue weighted by Crippen LogP contribution is 2.35. The van der Waals surface area contributed by atoms with Crippen molar-refractivity contribution in [2.45, 2.75) is 18.3 Å². The van der Waals surface area contributed by atoms with Crippen LogP contribution in [0.15, 0.2) is 48.5 Å². The highest BCUT2D eigenvalue weighted by atomic mass is 16.5. The van der Waals surface area contributed by atoms with Crippen LogP contribution in [0.1, 0.15) is 28.9 Å². The summed E-state index contributed by atoms with van der Waals surface area (Å²) in [6, 6.07) is 15.3. The zero-order valence-corrected chi connectivity index (χ0v) is 19.1. The second-order valence-electron chi connectivity index (χ2n) is 8.04. The predicted octanol–water partition coefficient (Wildman–Crippen LogP) is 3.58. The number of H-pyrrole nitrogens is 1. The van der Waals surface area contributed by atoms with Gasteiger partial charge in [0.25, 0.3) is 5.91 Å². The van der Waals surface area contributed by atoms with Gasteiger partial charge < -0.3 is 24.3 Å². The van der Waals surface area contributed by atoms with Gasteiger partial charge in [-0.15, -0.1) is 0 Å². The fourth-order valence-corrected chi connectivity index (χ4v) is 4.20. The molecule has 1 amide bonds. The van der Waals surface area contributed by atoms with Crippen molar-refractivity contribution in [1.82, 2.24) is 15.5 Å². The lowest BCUT2D eigenvalue weighted by atomic mass is 9.74. The summed E-state index contributed by atoms with van der Waals surface area (Å²) in [4.78, 5) is 13.0. The summed E-state index contributed by atoms with van der Waals surface area (Å²) in [6.07, 6.45) is 1.67. The molecular weight excluding hydrogens is 422 g/mol. The summed E-state index contributed by atoms with van der Waals surface area (Å²) in [7, 11) is 4.83. The minimum absolute atomic E-state index is 0.188. The number of nitrogens with zero attached hydrogens (tertiary/aromatic N) is 1. The van der Waals surface area contributed by atoms with E-state index in [9.17, 15) is 4.79 Å². The van der Waals surface area contributed by atoms with Crippen LogP contribution in [0, 0.1) is 0 Å². The first-order valence-corrected chi connectivity index (χ1v) is 10.9. The Labute approximate surface area is 193 Å². The van der Waals surface area contributed by atoms with Crippen LogP contribution in [0.3, 0.4) is 0 Å². The minimum Gasteiger partial charge on any atom is -0.497 e. The van der Waals surface area contributed by atoms with Gasteiger partial charge in [-0.05, 0) is 54.8 Å². The molecule has 0 bridgehead atoms. The van der Waals surface area contributed by atoms with Crippen molar-refractivity contribution in [2.75, 3.05) is 41.1 Å². The van der Waals surface area contributed by atoms with E-state index < -0.39 is 0 Å². The second kappa shape index (κ2) is 9.95. The van der Waals surface area contributed by atoms with E-state index in [1.807, 2.05) is 30.3 Å². The van der Waals surface area contributed by atoms with Crippen LogP contribution in [-0.4, -0.2) is 57.2 Å². The molecule has 4 rings (SSSR count). The third kappa shape index (κ3) is 4.80. The number of aromatic amines is 1. The van der Waals surface area contributed by atoms with E-state index in [-0.39, 0.29) is 11.3 Å². The smallest absolute Gasteiger partial charge is 0.269 e. The van der Waals surface area contributed by atoms with E-state index in [4.69, 9.17) is 18.9 Å². The molecular formula is C25H29N3O5. The molecule has 0 spiro atoms. The predicted molar refractivity (Wildman–Crippen MR) is 124 cm³/mol. The molecule has 1 aliphatic rings. The van der Waals surface area contributed by atoms with Crippen LogP contribution in [0.25, 0.3) is 11.3 Å². The van der Waals surface area contributed by atoms with Gasteiger partial charge >= 0.3 is 0 Å². The van der Waals surface area contributed by atoms with Crippen molar-refractivity contribution in [3.05, 3.63) is 59.8 Å². The molecule has 33 heavy (non-hydrogen) atoms. The minimum atomic E-state index is -0.200. The number of methoxy groups -OCH3 is 3. The van der Waals surface area contributed by atoms with Crippen molar-refractivity contribution in [3.63, 3.8) is 0 Å². The van der Waals surface area contributed by atoms with E-state index in [0.717, 1.165) is 24.2 Å². The Kier molecular flexibility index (Phi) is 6.84. The molecule has 2 aromatic carbocycles. The SMILES string of the molecule is COc1ccc(C2(CNC(=O)c3cc(-c4ccc(OC)c(OC)c4)n[nH]3)CCOCC2)cc1. The molecule has 0 unspecified atom stereocenters. The van der Waals surface area contributed by atoms with Crippen molar-refractivity contribution in [3.8, 4) is 28.5 Å². The van der Waals surface area contributed by atoms with Crippen molar-refractivity contribution >= 4 is 5.91 Å². The van der Waals surface area contributed by atoms with Crippen LogP contribution in [0.5, 0.6) is 17.2 Å². The Hall–Kier alpha value is -3.52. The molecule has 0 aliphatic carbocycles. The van der Waals surface area contributed by atoms with E-state index in [1.165, 1.54) is 5.56 Å². The van der Waals surface area contributed by atoms with Gasteiger partial charge in [0.2, 0.25) is 0 Å². The fraction of sp³-hybridized carbons (Fsp3) is 0.360. The first-order chi connectivity index (χ1) is 16.1. The van der Waals surface area contributed by atoms with Gasteiger partial charge in [0.15, 0.2) is 11.5 Å². The van der Waals surface area contributed by atoms with Gasteiger partial charge in [-0.2, -0.15) is 5.10 Å². The topological polar surface area (TPSA) is 94.7 Å². The molecule has 3 aromatic rings. The first kappa shape index (κ1) is 22.7. The monoisotopic (exact) mass is 451 g/mol. The number of carbonyl (C=O) groups excluding carboxylic acids is 1. The normalized spacial score (nSPS) is 15.0. The van der Waals surface area contributed by atoms with E-state index in [0.29, 0.717) is 42.6 Å². The maximum Gasteiger partial charge on any atom is 0.269 e. The van der Waals surface area contributed by atoms with Crippen LogP contribution < -0.4 is 19.5 Å². The molecule has 0 atom stereocenters. The molecule has 8 nitrogen and oxygen atoms in total.